The van der Waals surface area contributed by atoms with Gasteiger partial charge in [-0.15, -0.1) is 0 Å². The summed E-state index contributed by atoms with van der Waals surface area (Å²) in [5.74, 6) is -0.215. The van der Waals surface area contributed by atoms with Gasteiger partial charge in [0, 0.05) is 34.4 Å². The Hall–Kier alpha value is -1.84. The van der Waals surface area contributed by atoms with Crippen molar-refractivity contribution in [3.05, 3.63) is 64.6 Å². The molecule has 2 heterocycles. The summed E-state index contributed by atoms with van der Waals surface area (Å²) >= 11 is 6.23. The van der Waals surface area contributed by atoms with E-state index in [9.17, 15) is 4.39 Å². The predicted octanol–water partition coefficient (Wildman–Crippen LogP) is 4.97. The molecule has 0 saturated carbocycles. The van der Waals surface area contributed by atoms with Gasteiger partial charge in [-0.25, -0.2) is 4.39 Å². The van der Waals surface area contributed by atoms with Gasteiger partial charge < -0.3 is 4.57 Å². The molecule has 0 radical (unpaired) electrons. The maximum absolute atomic E-state index is 13.3. The Balaban J connectivity index is 2.07. The van der Waals surface area contributed by atoms with E-state index in [-0.39, 0.29) is 5.82 Å². The van der Waals surface area contributed by atoms with Gasteiger partial charge in [-0.05, 0) is 68.4 Å². The molecule has 0 fully saturated rings. The van der Waals surface area contributed by atoms with E-state index in [2.05, 4.69) is 29.5 Å². The molecule has 0 amide bonds. The fraction of sp³-hybridized carbons (Fsp3) is 0.263. The lowest BCUT2D eigenvalue weighted by Crippen LogP contribution is -2.31. The molecule has 0 spiro atoms. The third-order valence-corrected chi connectivity index (χ3v) is 5.17. The highest BCUT2D eigenvalue weighted by Crippen LogP contribution is 2.39. The minimum Gasteiger partial charge on any atom is -0.312 e. The molecule has 1 aliphatic rings. The Kier molecular flexibility index (Phi) is 3.43. The summed E-state index contributed by atoms with van der Waals surface area (Å²) in [6.45, 7) is 3.25. The molecule has 118 valence electrons. The molecule has 4 rings (SSSR count). The average Bonchev–Trinajstić information content (AvgIpc) is 2.86. The Morgan fingerprint density at radius 2 is 1.87 bits per heavy atom. The minimum absolute atomic E-state index is 0.215. The molecule has 1 atom stereocenters. The van der Waals surface area contributed by atoms with Gasteiger partial charge in [0.25, 0.3) is 0 Å². The number of hydrogen-bond donors (Lipinski definition) is 0. The zero-order valence-electron chi connectivity index (χ0n) is 13.2. The standard InChI is InChI=1S/C19H18ClFN2/c1-12-19-16(9-10-22(12)2)17-11-13(20)3-8-18(17)23(19)15-6-4-14(21)5-7-15/h3-8,11-12H,9-10H2,1-2H3. The van der Waals surface area contributed by atoms with Crippen molar-refractivity contribution in [2.45, 2.75) is 19.4 Å². The fourth-order valence-corrected chi connectivity index (χ4v) is 3.78. The molecule has 0 bridgehead atoms. The van der Waals surface area contributed by atoms with E-state index < -0.39 is 0 Å². The second-order valence-corrected chi connectivity index (χ2v) is 6.68. The van der Waals surface area contributed by atoms with Gasteiger partial charge in [0.1, 0.15) is 5.82 Å². The summed E-state index contributed by atoms with van der Waals surface area (Å²) < 4.78 is 15.6. The third-order valence-electron chi connectivity index (χ3n) is 4.93. The Morgan fingerprint density at radius 1 is 1.13 bits per heavy atom. The molecule has 23 heavy (non-hydrogen) atoms. The van der Waals surface area contributed by atoms with E-state index in [0.717, 1.165) is 29.2 Å². The summed E-state index contributed by atoms with van der Waals surface area (Å²) in [5.41, 5.74) is 4.76. The Labute approximate surface area is 140 Å². The maximum atomic E-state index is 13.3. The Bertz CT molecular complexity index is 883. The number of likely N-dealkylation sites (N-methyl/N-ethyl adjacent to an activating group) is 1. The molecular formula is C19H18ClFN2. The van der Waals surface area contributed by atoms with Crippen LogP contribution in [0.1, 0.15) is 24.2 Å². The summed E-state index contributed by atoms with van der Waals surface area (Å²) in [4.78, 5) is 2.35. The quantitative estimate of drug-likeness (QED) is 0.612. The molecule has 2 aromatic carbocycles. The van der Waals surface area contributed by atoms with Gasteiger partial charge in [-0.3, -0.25) is 4.90 Å². The lowest BCUT2D eigenvalue weighted by Gasteiger charge is -2.31. The lowest BCUT2D eigenvalue weighted by atomic mass is 9.99. The van der Waals surface area contributed by atoms with E-state index in [4.69, 9.17) is 11.6 Å². The number of fused-ring (bicyclic) bond motifs is 3. The van der Waals surface area contributed by atoms with E-state index >= 15 is 0 Å². The first kappa shape index (κ1) is 14.7. The van der Waals surface area contributed by atoms with Gasteiger partial charge in [0.05, 0.1) is 5.52 Å². The highest BCUT2D eigenvalue weighted by Gasteiger charge is 2.28. The minimum atomic E-state index is -0.215. The van der Waals surface area contributed by atoms with Crippen molar-refractivity contribution >= 4 is 22.5 Å². The van der Waals surface area contributed by atoms with Crippen LogP contribution in [-0.4, -0.2) is 23.1 Å². The number of hydrogen-bond acceptors (Lipinski definition) is 1. The van der Waals surface area contributed by atoms with Crippen molar-refractivity contribution in [3.8, 4) is 5.69 Å². The molecule has 1 aromatic heterocycles. The third kappa shape index (κ3) is 2.27. The first-order valence-electron chi connectivity index (χ1n) is 7.85. The van der Waals surface area contributed by atoms with Crippen LogP contribution in [0.25, 0.3) is 16.6 Å². The second-order valence-electron chi connectivity index (χ2n) is 6.24. The molecule has 1 aliphatic heterocycles. The molecule has 3 aromatic rings. The van der Waals surface area contributed by atoms with Crippen molar-refractivity contribution in [1.29, 1.82) is 0 Å². The molecule has 2 nitrogen and oxygen atoms in total. The Morgan fingerprint density at radius 3 is 2.61 bits per heavy atom. The summed E-state index contributed by atoms with van der Waals surface area (Å²) in [5, 5.41) is 1.96. The first-order valence-corrected chi connectivity index (χ1v) is 8.23. The largest absolute Gasteiger partial charge is 0.312 e. The van der Waals surface area contributed by atoms with Crippen LogP contribution in [0.5, 0.6) is 0 Å². The summed E-state index contributed by atoms with van der Waals surface area (Å²) in [6.07, 6.45) is 1.00. The van der Waals surface area contributed by atoms with Crippen LogP contribution in [0.15, 0.2) is 42.5 Å². The lowest BCUT2D eigenvalue weighted by molar-refractivity contribution is 0.241. The van der Waals surface area contributed by atoms with Crippen LogP contribution >= 0.6 is 11.6 Å². The molecule has 0 aliphatic carbocycles. The zero-order chi connectivity index (χ0) is 16.1. The van der Waals surface area contributed by atoms with E-state index in [0.29, 0.717) is 6.04 Å². The van der Waals surface area contributed by atoms with Gasteiger partial charge in [-0.1, -0.05) is 11.6 Å². The number of aromatic nitrogens is 1. The highest BCUT2D eigenvalue weighted by molar-refractivity contribution is 6.31. The van der Waals surface area contributed by atoms with Gasteiger partial charge in [0.2, 0.25) is 0 Å². The van der Waals surface area contributed by atoms with Crippen LogP contribution in [0, 0.1) is 5.82 Å². The second kappa shape index (κ2) is 5.36. The number of halogens is 2. The van der Waals surface area contributed by atoms with Crippen molar-refractivity contribution < 1.29 is 4.39 Å². The normalized spacial score (nSPS) is 18.3. The van der Waals surface area contributed by atoms with E-state index in [1.54, 1.807) is 0 Å². The first-order chi connectivity index (χ1) is 11.1. The van der Waals surface area contributed by atoms with Crippen molar-refractivity contribution in [1.82, 2.24) is 9.47 Å². The topological polar surface area (TPSA) is 8.17 Å². The number of benzene rings is 2. The SMILES string of the molecule is CC1c2c(c3cc(Cl)ccc3n2-c2ccc(F)cc2)CCN1C. The van der Waals surface area contributed by atoms with E-state index in [1.165, 1.54) is 28.8 Å². The smallest absolute Gasteiger partial charge is 0.123 e. The molecular weight excluding hydrogens is 311 g/mol. The number of rotatable bonds is 1. The van der Waals surface area contributed by atoms with Crippen LogP contribution in [0.4, 0.5) is 4.39 Å². The van der Waals surface area contributed by atoms with Crippen molar-refractivity contribution in [2.24, 2.45) is 0 Å². The molecule has 0 saturated heterocycles. The van der Waals surface area contributed by atoms with E-state index in [1.807, 2.05) is 24.3 Å². The molecule has 4 heteroatoms. The summed E-state index contributed by atoms with van der Waals surface area (Å²) in [6, 6.07) is 13.0. The average molecular weight is 329 g/mol. The highest BCUT2D eigenvalue weighted by atomic mass is 35.5. The number of nitrogens with zero attached hydrogens (tertiary/aromatic N) is 2. The monoisotopic (exact) mass is 328 g/mol. The maximum Gasteiger partial charge on any atom is 0.123 e. The van der Waals surface area contributed by atoms with Crippen molar-refractivity contribution in [2.75, 3.05) is 13.6 Å². The summed E-state index contributed by atoms with van der Waals surface area (Å²) in [7, 11) is 2.15. The zero-order valence-corrected chi connectivity index (χ0v) is 13.9. The van der Waals surface area contributed by atoms with Crippen LogP contribution < -0.4 is 0 Å². The van der Waals surface area contributed by atoms with Gasteiger partial charge in [-0.2, -0.15) is 0 Å². The van der Waals surface area contributed by atoms with Crippen LogP contribution in [0.2, 0.25) is 5.02 Å². The van der Waals surface area contributed by atoms with Crippen LogP contribution in [-0.2, 0) is 6.42 Å². The molecule has 0 N–H and O–H groups in total. The van der Waals surface area contributed by atoms with Gasteiger partial charge >= 0.3 is 0 Å². The molecule has 1 unspecified atom stereocenters. The van der Waals surface area contributed by atoms with Crippen LogP contribution in [0.3, 0.4) is 0 Å². The fourth-order valence-electron chi connectivity index (χ4n) is 3.61. The predicted molar refractivity (Wildman–Crippen MR) is 93.0 cm³/mol. The van der Waals surface area contributed by atoms with Gasteiger partial charge in [0.15, 0.2) is 0 Å². The van der Waals surface area contributed by atoms with Crippen molar-refractivity contribution in [3.63, 3.8) is 0 Å².